The molecule has 0 aromatic carbocycles. The predicted octanol–water partition coefficient (Wildman–Crippen LogP) is 2.03. The zero-order valence-electron chi connectivity index (χ0n) is 14.6. The number of rotatable bonds is 3. The van der Waals surface area contributed by atoms with Gasteiger partial charge in [-0.25, -0.2) is 0 Å². The number of carbonyl (C=O) groups is 1. The normalized spacial score (nSPS) is 24.6. The van der Waals surface area contributed by atoms with Gasteiger partial charge in [-0.3, -0.25) is 9.78 Å². The van der Waals surface area contributed by atoms with Gasteiger partial charge < -0.3 is 19.9 Å². The summed E-state index contributed by atoms with van der Waals surface area (Å²) in [4.78, 5) is 19.3. The smallest absolute Gasteiger partial charge is 0.257 e. The van der Waals surface area contributed by atoms with E-state index < -0.39 is 0 Å². The molecular weight excluding hydrogens is 316 g/mol. The van der Waals surface area contributed by atoms with E-state index in [1.54, 1.807) is 6.20 Å². The van der Waals surface area contributed by atoms with Gasteiger partial charge in [0.2, 0.25) is 0 Å². The van der Waals surface area contributed by atoms with Crippen molar-refractivity contribution >= 4 is 16.9 Å². The second kappa shape index (κ2) is 7.14. The van der Waals surface area contributed by atoms with Gasteiger partial charge in [-0.15, -0.1) is 0 Å². The van der Waals surface area contributed by atoms with Crippen molar-refractivity contribution in [3.8, 4) is 0 Å². The van der Waals surface area contributed by atoms with Gasteiger partial charge in [0.15, 0.2) is 0 Å². The summed E-state index contributed by atoms with van der Waals surface area (Å²) in [5, 5.41) is 0. The molecule has 25 heavy (non-hydrogen) atoms. The second-order valence-electron chi connectivity index (χ2n) is 7.25. The van der Waals surface area contributed by atoms with Crippen molar-refractivity contribution in [2.24, 2.45) is 11.7 Å². The minimum Gasteiger partial charge on any atom is -0.378 e. The van der Waals surface area contributed by atoms with E-state index in [0.29, 0.717) is 43.8 Å². The third kappa shape index (κ3) is 3.41. The second-order valence-corrected chi connectivity index (χ2v) is 7.25. The lowest BCUT2D eigenvalue weighted by Gasteiger charge is -2.27. The number of amides is 1. The first kappa shape index (κ1) is 16.5. The fourth-order valence-electron chi connectivity index (χ4n) is 4.02. The molecule has 3 heterocycles. The van der Waals surface area contributed by atoms with Gasteiger partial charge in [0.25, 0.3) is 5.91 Å². The van der Waals surface area contributed by atoms with Crippen LogP contribution in [0.25, 0.3) is 11.0 Å². The molecule has 1 saturated carbocycles. The minimum absolute atomic E-state index is 0.0661. The Bertz CT molecular complexity index is 743. The number of ether oxygens (including phenoxy) is 1. The molecule has 134 valence electrons. The summed E-state index contributed by atoms with van der Waals surface area (Å²) in [5.41, 5.74) is 8.60. The van der Waals surface area contributed by atoms with Gasteiger partial charge in [0.05, 0.1) is 24.3 Å². The van der Waals surface area contributed by atoms with Crippen molar-refractivity contribution in [3.05, 3.63) is 30.1 Å². The number of carbonyl (C=O) groups excluding carboxylic acids is 1. The number of morpholine rings is 1. The van der Waals surface area contributed by atoms with Gasteiger partial charge in [0, 0.05) is 38.1 Å². The number of hydrogen-bond acceptors (Lipinski definition) is 4. The first-order valence-electron chi connectivity index (χ1n) is 9.29. The highest BCUT2D eigenvalue weighted by Crippen LogP contribution is 2.28. The molecule has 1 aliphatic heterocycles. The molecule has 0 atom stereocenters. The summed E-state index contributed by atoms with van der Waals surface area (Å²) in [5.74, 6) is 0.693. The molecule has 6 heteroatoms. The third-order valence-electron chi connectivity index (χ3n) is 5.51. The maximum Gasteiger partial charge on any atom is 0.257 e. The fourth-order valence-corrected chi connectivity index (χ4v) is 4.02. The Morgan fingerprint density at radius 2 is 2.00 bits per heavy atom. The summed E-state index contributed by atoms with van der Waals surface area (Å²) in [6.45, 7) is 3.46. The Balaban J connectivity index is 1.61. The molecule has 2 aromatic heterocycles. The van der Waals surface area contributed by atoms with Crippen molar-refractivity contribution in [1.29, 1.82) is 0 Å². The van der Waals surface area contributed by atoms with Gasteiger partial charge in [-0.2, -0.15) is 0 Å². The van der Waals surface area contributed by atoms with Crippen LogP contribution in [0.2, 0.25) is 0 Å². The standard InChI is InChI=1S/C19H26N4O2/c20-15-5-3-14(4-6-15)12-23-13-16(18-17(23)2-1-7-21-18)19(24)22-8-10-25-11-9-22/h1-2,7,13-15H,3-6,8-12,20H2. The fraction of sp³-hybridized carbons (Fsp3) is 0.579. The predicted molar refractivity (Wildman–Crippen MR) is 96.4 cm³/mol. The van der Waals surface area contributed by atoms with E-state index in [1.165, 1.54) is 0 Å². The average molecular weight is 342 g/mol. The lowest BCUT2D eigenvalue weighted by Crippen LogP contribution is -2.40. The Labute approximate surface area is 147 Å². The molecule has 0 bridgehead atoms. The van der Waals surface area contributed by atoms with E-state index in [2.05, 4.69) is 15.6 Å². The van der Waals surface area contributed by atoms with E-state index in [1.807, 2.05) is 17.2 Å². The molecule has 0 unspecified atom stereocenters. The first-order chi connectivity index (χ1) is 12.2. The topological polar surface area (TPSA) is 73.4 Å². The van der Waals surface area contributed by atoms with Crippen LogP contribution in [-0.2, 0) is 11.3 Å². The van der Waals surface area contributed by atoms with Gasteiger partial charge in [-0.05, 0) is 43.7 Å². The van der Waals surface area contributed by atoms with E-state index in [9.17, 15) is 4.79 Å². The van der Waals surface area contributed by atoms with E-state index in [-0.39, 0.29) is 5.91 Å². The molecule has 1 amide bonds. The molecule has 0 radical (unpaired) electrons. The zero-order valence-corrected chi connectivity index (χ0v) is 14.6. The molecule has 2 N–H and O–H groups in total. The number of fused-ring (bicyclic) bond motifs is 1. The molecule has 6 nitrogen and oxygen atoms in total. The quantitative estimate of drug-likeness (QED) is 0.926. The lowest BCUT2D eigenvalue weighted by molar-refractivity contribution is 0.0304. The number of hydrogen-bond donors (Lipinski definition) is 1. The Morgan fingerprint density at radius 3 is 2.76 bits per heavy atom. The lowest BCUT2D eigenvalue weighted by atomic mass is 9.86. The molecular formula is C19H26N4O2. The van der Waals surface area contributed by atoms with Crippen molar-refractivity contribution in [1.82, 2.24) is 14.5 Å². The number of nitrogens with two attached hydrogens (primary N) is 1. The Morgan fingerprint density at radius 1 is 1.24 bits per heavy atom. The van der Waals surface area contributed by atoms with E-state index in [4.69, 9.17) is 10.5 Å². The number of aromatic nitrogens is 2. The van der Waals surface area contributed by atoms with Crippen molar-refractivity contribution in [2.45, 2.75) is 38.3 Å². The van der Waals surface area contributed by atoms with Crippen LogP contribution >= 0.6 is 0 Å². The van der Waals surface area contributed by atoms with Crippen LogP contribution in [0, 0.1) is 5.92 Å². The largest absolute Gasteiger partial charge is 0.378 e. The monoisotopic (exact) mass is 342 g/mol. The molecule has 0 spiro atoms. The summed E-state index contributed by atoms with van der Waals surface area (Å²) in [6, 6.07) is 4.36. The van der Waals surface area contributed by atoms with Crippen LogP contribution in [0.1, 0.15) is 36.0 Å². The van der Waals surface area contributed by atoms with Crippen LogP contribution in [0.3, 0.4) is 0 Å². The van der Waals surface area contributed by atoms with Crippen LogP contribution < -0.4 is 5.73 Å². The molecule has 2 fully saturated rings. The number of pyridine rings is 1. The SMILES string of the molecule is NC1CCC(Cn2cc(C(=O)N3CCOCC3)c3ncccc32)CC1. The highest BCUT2D eigenvalue weighted by Gasteiger charge is 2.25. The summed E-state index contributed by atoms with van der Waals surface area (Å²) < 4.78 is 7.58. The van der Waals surface area contributed by atoms with E-state index >= 15 is 0 Å². The number of nitrogens with zero attached hydrogens (tertiary/aromatic N) is 3. The van der Waals surface area contributed by atoms with Crippen LogP contribution in [-0.4, -0.2) is 52.7 Å². The molecule has 2 aliphatic rings. The Hall–Kier alpha value is -1.92. The van der Waals surface area contributed by atoms with E-state index in [0.717, 1.165) is 43.3 Å². The molecule has 1 aliphatic carbocycles. The summed E-state index contributed by atoms with van der Waals surface area (Å²) >= 11 is 0. The molecule has 2 aromatic rings. The van der Waals surface area contributed by atoms with Crippen LogP contribution in [0.5, 0.6) is 0 Å². The van der Waals surface area contributed by atoms with Crippen LogP contribution in [0.15, 0.2) is 24.5 Å². The van der Waals surface area contributed by atoms with Gasteiger partial charge >= 0.3 is 0 Å². The zero-order chi connectivity index (χ0) is 17.2. The van der Waals surface area contributed by atoms with Crippen molar-refractivity contribution in [2.75, 3.05) is 26.3 Å². The first-order valence-corrected chi connectivity index (χ1v) is 9.29. The van der Waals surface area contributed by atoms with Crippen LogP contribution in [0.4, 0.5) is 0 Å². The maximum absolute atomic E-state index is 13.0. The van der Waals surface area contributed by atoms with Crippen molar-refractivity contribution in [3.63, 3.8) is 0 Å². The average Bonchev–Trinajstić information content (AvgIpc) is 3.02. The molecule has 4 rings (SSSR count). The molecule has 1 saturated heterocycles. The third-order valence-corrected chi connectivity index (χ3v) is 5.51. The van der Waals surface area contributed by atoms with Crippen molar-refractivity contribution < 1.29 is 9.53 Å². The minimum atomic E-state index is 0.0661. The summed E-state index contributed by atoms with van der Waals surface area (Å²) in [7, 11) is 0. The highest BCUT2D eigenvalue weighted by molar-refractivity contribution is 6.05. The summed E-state index contributed by atoms with van der Waals surface area (Å²) in [6.07, 6.45) is 8.29. The van der Waals surface area contributed by atoms with Gasteiger partial charge in [-0.1, -0.05) is 0 Å². The Kier molecular flexibility index (Phi) is 4.72. The van der Waals surface area contributed by atoms with Gasteiger partial charge in [0.1, 0.15) is 5.52 Å². The highest BCUT2D eigenvalue weighted by atomic mass is 16.5. The maximum atomic E-state index is 13.0.